The van der Waals surface area contributed by atoms with Gasteiger partial charge in [0.05, 0.1) is 37.1 Å². The smallest absolute Gasteiger partial charge is 0.305 e. The van der Waals surface area contributed by atoms with Crippen LogP contribution in [0.2, 0.25) is 0 Å². The summed E-state index contributed by atoms with van der Waals surface area (Å²) in [5.41, 5.74) is 2.63. The Labute approximate surface area is 231 Å². The van der Waals surface area contributed by atoms with Gasteiger partial charge < -0.3 is 25.4 Å². The third-order valence-corrected chi connectivity index (χ3v) is 6.80. The molecule has 3 N–H and O–H groups in total. The number of halogens is 2. The Morgan fingerprint density at radius 3 is 2.17 bits per heavy atom. The highest BCUT2D eigenvalue weighted by molar-refractivity contribution is 6.07. The number of aryl methyl sites for hydroxylation is 1. The number of aliphatic carboxylic acids is 1. The Bertz CT molecular complexity index is 1400. The summed E-state index contributed by atoms with van der Waals surface area (Å²) in [4.78, 5) is 40.0. The van der Waals surface area contributed by atoms with Gasteiger partial charge in [0, 0.05) is 23.2 Å². The highest BCUT2D eigenvalue weighted by atomic mass is 19.2. The fourth-order valence-electron chi connectivity index (χ4n) is 4.78. The van der Waals surface area contributed by atoms with E-state index in [1.807, 2.05) is 32.9 Å². The van der Waals surface area contributed by atoms with Crippen molar-refractivity contribution < 1.29 is 33.0 Å². The molecule has 3 unspecified atom stereocenters. The van der Waals surface area contributed by atoms with Crippen molar-refractivity contribution in [2.24, 2.45) is 0 Å². The Morgan fingerprint density at radius 2 is 1.55 bits per heavy atom. The number of benzene rings is 3. The molecule has 210 valence electrons. The van der Waals surface area contributed by atoms with Gasteiger partial charge in [-0.15, -0.1) is 0 Å². The summed E-state index contributed by atoms with van der Waals surface area (Å²) in [6.07, 6.45) is -0.324. The van der Waals surface area contributed by atoms with Crippen molar-refractivity contribution in [2.75, 3.05) is 23.4 Å². The van der Waals surface area contributed by atoms with Crippen LogP contribution >= 0.6 is 0 Å². The van der Waals surface area contributed by atoms with Crippen LogP contribution in [0, 0.1) is 18.6 Å². The van der Waals surface area contributed by atoms with Crippen molar-refractivity contribution in [1.29, 1.82) is 0 Å². The van der Waals surface area contributed by atoms with Gasteiger partial charge in [-0.2, -0.15) is 0 Å². The standard InChI is InChI=1S/C30H31F2N3O5/c1-17-4-6-20(7-5-17)25(14-28(36)37)33-30(39)22-9-11-27(35-18(2)15-40-16-19(35)3)26(13-22)34-29(38)21-8-10-23(31)24(32)12-21/h4-13,18-19,25H,14-16H2,1-3H3,(H,33,39)(H,34,38)(H,36,37). The van der Waals surface area contributed by atoms with Gasteiger partial charge in [-0.05, 0) is 62.7 Å². The maximum absolute atomic E-state index is 13.8. The van der Waals surface area contributed by atoms with Gasteiger partial charge in [0.25, 0.3) is 11.8 Å². The first-order valence-corrected chi connectivity index (χ1v) is 12.9. The van der Waals surface area contributed by atoms with Crippen molar-refractivity contribution in [1.82, 2.24) is 5.32 Å². The summed E-state index contributed by atoms with van der Waals surface area (Å²) in [7, 11) is 0. The molecule has 1 fully saturated rings. The molecule has 40 heavy (non-hydrogen) atoms. The van der Waals surface area contributed by atoms with Crippen LogP contribution in [-0.4, -0.2) is 48.2 Å². The molecule has 0 aromatic heterocycles. The minimum Gasteiger partial charge on any atom is -0.481 e. The number of rotatable bonds is 8. The lowest BCUT2D eigenvalue weighted by Crippen LogP contribution is -2.50. The second kappa shape index (κ2) is 12.3. The summed E-state index contributed by atoms with van der Waals surface area (Å²) in [6.45, 7) is 6.75. The number of carboxylic acid groups (broad SMARTS) is 1. The normalized spacial score (nSPS) is 17.7. The number of carboxylic acids is 1. The first-order valence-electron chi connectivity index (χ1n) is 12.9. The lowest BCUT2D eigenvalue weighted by Gasteiger charge is -2.41. The topological polar surface area (TPSA) is 108 Å². The molecule has 3 aromatic rings. The minimum absolute atomic E-state index is 0.0520. The monoisotopic (exact) mass is 551 g/mol. The molecule has 4 rings (SSSR count). The molecular formula is C30H31F2N3O5. The fourth-order valence-corrected chi connectivity index (χ4v) is 4.78. The average Bonchev–Trinajstić information content (AvgIpc) is 2.90. The number of amides is 2. The second-order valence-corrected chi connectivity index (χ2v) is 9.99. The van der Waals surface area contributed by atoms with Gasteiger partial charge in [-0.1, -0.05) is 29.8 Å². The molecule has 3 aromatic carbocycles. The zero-order valence-electron chi connectivity index (χ0n) is 22.4. The summed E-state index contributed by atoms with van der Waals surface area (Å²) < 4.78 is 32.9. The molecule has 1 heterocycles. The predicted molar refractivity (Wildman–Crippen MR) is 147 cm³/mol. The molecule has 1 saturated heterocycles. The van der Waals surface area contributed by atoms with E-state index in [0.29, 0.717) is 24.5 Å². The zero-order chi connectivity index (χ0) is 29.0. The van der Waals surface area contributed by atoms with E-state index in [2.05, 4.69) is 15.5 Å². The van der Waals surface area contributed by atoms with E-state index in [9.17, 15) is 28.3 Å². The van der Waals surface area contributed by atoms with E-state index in [1.54, 1.807) is 24.3 Å². The fraction of sp³-hybridized carbons (Fsp3) is 0.300. The summed E-state index contributed by atoms with van der Waals surface area (Å²) in [5.74, 6) is -4.52. The highest BCUT2D eigenvalue weighted by Crippen LogP contribution is 2.33. The van der Waals surface area contributed by atoms with E-state index in [4.69, 9.17) is 4.74 Å². The van der Waals surface area contributed by atoms with Crippen molar-refractivity contribution >= 4 is 29.2 Å². The van der Waals surface area contributed by atoms with E-state index in [1.165, 1.54) is 12.1 Å². The molecule has 10 heteroatoms. The first kappa shape index (κ1) is 28.7. The lowest BCUT2D eigenvalue weighted by molar-refractivity contribution is -0.137. The molecule has 0 spiro atoms. The molecule has 0 radical (unpaired) electrons. The molecular weight excluding hydrogens is 520 g/mol. The predicted octanol–water partition coefficient (Wildman–Crippen LogP) is 5.08. The van der Waals surface area contributed by atoms with Crippen molar-refractivity contribution in [3.05, 3.63) is 94.6 Å². The first-order chi connectivity index (χ1) is 19.0. The maximum Gasteiger partial charge on any atom is 0.305 e. The van der Waals surface area contributed by atoms with Crippen molar-refractivity contribution in [3.8, 4) is 0 Å². The molecule has 8 nitrogen and oxygen atoms in total. The van der Waals surface area contributed by atoms with Crippen molar-refractivity contribution in [3.63, 3.8) is 0 Å². The maximum atomic E-state index is 13.8. The number of carbonyl (C=O) groups is 3. The number of morpholine rings is 1. The summed E-state index contributed by atoms with van der Waals surface area (Å²) >= 11 is 0. The van der Waals surface area contributed by atoms with Crippen molar-refractivity contribution in [2.45, 2.75) is 45.3 Å². The molecule has 1 aliphatic rings. The van der Waals surface area contributed by atoms with E-state index >= 15 is 0 Å². The molecule has 0 aliphatic carbocycles. The van der Waals surface area contributed by atoms with Gasteiger partial charge >= 0.3 is 5.97 Å². The molecule has 0 bridgehead atoms. The number of hydrogen-bond acceptors (Lipinski definition) is 5. The van der Waals surface area contributed by atoms with Gasteiger partial charge in [0.2, 0.25) is 0 Å². The van der Waals surface area contributed by atoms with E-state index < -0.39 is 35.5 Å². The zero-order valence-corrected chi connectivity index (χ0v) is 22.4. The summed E-state index contributed by atoms with van der Waals surface area (Å²) in [5, 5.41) is 15.0. The van der Waals surface area contributed by atoms with Crippen LogP contribution in [0.15, 0.2) is 60.7 Å². The van der Waals surface area contributed by atoms with Crippen LogP contribution in [0.25, 0.3) is 0 Å². The minimum atomic E-state index is -1.16. The Kier molecular flexibility index (Phi) is 8.79. The summed E-state index contributed by atoms with van der Waals surface area (Å²) in [6, 6.07) is 13.9. The lowest BCUT2D eigenvalue weighted by atomic mass is 10.0. The molecule has 2 amide bonds. The third-order valence-electron chi connectivity index (χ3n) is 6.80. The average molecular weight is 552 g/mol. The Hall–Kier alpha value is -4.31. The third kappa shape index (κ3) is 6.63. The number of ether oxygens (including phenoxy) is 1. The molecule has 1 aliphatic heterocycles. The Balaban J connectivity index is 1.68. The van der Waals surface area contributed by atoms with Crippen LogP contribution < -0.4 is 15.5 Å². The number of hydrogen-bond donors (Lipinski definition) is 3. The highest BCUT2D eigenvalue weighted by Gasteiger charge is 2.29. The van der Waals surface area contributed by atoms with E-state index in [0.717, 1.165) is 17.7 Å². The Morgan fingerprint density at radius 1 is 0.925 bits per heavy atom. The van der Waals surface area contributed by atoms with Crippen LogP contribution in [0.1, 0.15) is 58.2 Å². The van der Waals surface area contributed by atoms with Crippen LogP contribution in [0.5, 0.6) is 0 Å². The van der Waals surface area contributed by atoms with Gasteiger partial charge in [0.1, 0.15) is 0 Å². The SMILES string of the molecule is Cc1ccc(C(CC(=O)O)NC(=O)c2ccc(N3C(C)COCC3C)c(NC(=O)c3ccc(F)c(F)c3)c2)cc1. The number of anilines is 2. The largest absolute Gasteiger partial charge is 0.481 e. The van der Waals surface area contributed by atoms with Crippen LogP contribution in [-0.2, 0) is 9.53 Å². The number of nitrogens with one attached hydrogen (secondary N) is 2. The molecule has 0 saturated carbocycles. The van der Waals surface area contributed by atoms with Crippen LogP contribution in [0.3, 0.4) is 0 Å². The van der Waals surface area contributed by atoms with Crippen LogP contribution in [0.4, 0.5) is 20.2 Å². The van der Waals surface area contributed by atoms with Gasteiger partial charge in [-0.3, -0.25) is 14.4 Å². The van der Waals surface area contributed by atoms with E-state index in [-0.39, 0.29) is 35.3 Å². The van der Waals surface area contributed by atoms with Gasteiger partial charge in [0.15, 0.2) is 11.6 Å². The van der Waals surface area contributed by atoms with Gasteiger partial charge in [-0.25, -0.2) is 8.78 Å². The number of carbonyl (C=O) groups excluding carboxylic acids is 2. The second-order valence-electron chi connectivity index (χ2n) is 9.99. The molecule has 3 atom stereocenters. The quantitative estimate of drug-likeness (QED) is 0.360. The number of nitrogens with zero attached hydrogens (tertiary/aromatic N) is 1.